The number of nitrogens with zero attached hydrogens (tertiary/aromatic N) is 1. The molecule has 2 aromatic heterocycles. The summed E-state index contributed by atoms with van der Waals surface area (Å²) < 4.78 is 5.33. The zero-order chi connectivity index (χ0) is 27.2. The van der Waals surface area contributed by atoms with Gasteiger partial charge in [-0.05, 0) is 48.6 Å². The van der Waals surface area contributed by atoms with Crippen LogP contribution in [0, 0.1) is 0 Å². The first-order valence-electron chi connectivity index (χ1n) is 12.1. The number of aromatic amines is 2. The molecule has 3 aromatic rings. The number of fused-ring (bicyclic) bond motifs is 1. The first-order chi connectivity index (χ1) is 17.4. The molecule has 0 aliphatic heterocycles. The van der Waals surface area contributed by atoms with Crippen LogP contribution in [0.25, 0.3) is 11.0 Å². The van der Waals surface area contributed by atoms with Crippen molar-refractivity contribution in [3.63, 3.8) is 0 Å². The lowest BCUT2D eigenvalue weighted by atomic mass is 10.0. The number of hydrogen-bond acceptors (Lipinski definition) is 7. The number of aromatic nitrogens is 3. The largest absolute Gasteiger partial charge is 0.481 e. The monoisotopic (exact) mass is 527 g/mol. The van der Waals surface area contributed by atoms with Gasteiger partial charge in [-0.3, -0.25) is 19.4 Å². The van der Waals surface area contributed by atoms with Gasteiger partial charge in [-0.1, -0.05) is 31.8 Å². The van der Waals surface area contributed by atoms with Gasteiger partial charge in [0.05, 0.1) is 12.0 Å². The summed E-state index contributed by atoms with van der Waals surface area (Å²) in [5, 5.41) is 12.1. The molecule has 0 aliphatic carbocycles. The highest BCUT2D eigenvalue weighted by molar-refractivity contribution is 6.76. The Morgan fingerprint density at radius 1 is 1.16 bits per heavy atom. The zero-order valence-corrected chi connectivity index (χ0v) is 22.2. The fraction of sp³-hybridized carbons (Fsp3) is 0.400. The van der Waals surface area contributed by atoms with Crippen LogP contribution in [-0.2, 0) is 27.2 Å². The maximum absolute atomic E-state index is 12.8. The van der Waals surface area contributed by atoms with Crippen LogP contribution < -0.4 is 16.6 Å². The molecule has 198 valence electrons. The third kappa shape index (κ3) is 8.03. The number of ether oxygens (including phenoxy) is 1. The smallest absolute Gasteiger partial charge is 0.328 e. The van der Waals surface area contributed by atoms with E-state index >= 15 is 0 Å². The van der Waals surface area contributed by atoms with Crippen LogP contribution in [0.5, 0.6) is 0 Å². The minimum absolute atomic E-state index is 0.0461. The van der Waals surface area contributed by atoms with Crippen LogP contribution in [0.15, 0.2) is 35.3 Å². The van der Waals surface area contributed by atoms with Crippen LogP contribution >= 0.6 is 0 Å². The summed E-state index contributed by atoms with van der Waals surface area (Å²) in [6.45, 7) is 6.71. The van der Waals surface area contributed by atoms with Crippen LogP contribution in [0.3, 0.4) is 0 Å². The van der Waals surface area contributed by atoms with E-state index in [4.69, 9.17) is 15.6 Å². The topological polar surface area (TPSA) is 180 Å². The van der Waals surface area contributed by atoms with E-state index in [0.717, 1.165) is 17.2 Å². The highest BCUT2D eigenvalue weighted by Gasteiger charge is 2.25. The van der Waals surface area contributed by atoms with Gasteiger partial charge in [0.2, 0.25) is 5.95 Å². The lowest BCUT2D eigenvalue weighted by Gasteiger charge is -2.19. The molecule has 1 aromatic carbocycles. The van der Waals surface area contributed by atoms with Crippen molar-refractivity contribution in [2.45, 2.75) is 57.4 Å². The number of carboxylic acids is 1. The predicted octanol–water partition coefficient (Wildman–Crippen LogP) is 2.46. The van der Waals surface area contributed by atoms with Crippen molar-refractivity contribution in [3.05, 3.63) is 57.5 Å². The Bertz CT molecular complexity index is 1330. The molecule has 0 saturated heterocycles. The van der Waals surface area contributed by atoms with Gasteiger partial charge in [0, 0.05) is 26.3 Å². The van der Waals surface area contributed by atoms with E-state index in [0.29, 0.717) is 29.4 Å². The Kier molecular flexibility index (Phi) is 8.87. The molecular formula is C25H33N5O6Si. The Hall–Kier alpha value is -3.93. The second-order valence-electron chi connectivity index (χ2n) is 10.1. The van der Waals surface area contributed by atoms with Crippen LogP contribution in [0.2, 0.25) is 25.7 Å². The molecule has 0 unspecified atom stereocenters. The minimum Gasteiger partial charge on any atom is -0.481 e. The molecule has 2 heterocycles. The number of amides is 1. The summed E-state index contributed by atoms with van der Waals surface area (Å²) in [7, 11) is -1.41. The molecule has 0 radical (unpaired) electrons. The maximum Gasteiger partial charge on any atom is 0.328 e. The number of carboxylic acid groups (broad SMARTS) is 1. The summed E-state index contributed by atoms with van der Waals surface area (Å²) in [4.78, 5) is 58.1. The number of nitrogens with two attached hydrogens (primary N) is 1. The molecular weight excluding hydrogens is 494 g/mol. The molecule has 1 amide bonds. The van der Waals surface area contributed by atoms with E-state index in [1.54, 1.807) is 30.5 Å². The number of nitrogens with one attached hydrogen (secondary N) is 3. The predicted molar refractivity (Wildman–Crippen MR) is 142 cm³/mol. The molecule has 0 saturated carbocycles. The second kappa shape index (κ2) is 11.9. The summed E-state index contributed by atoms with van der Waals surface area (Å²) in [6, 6.07) is 6.59. The summed E-state index contributed by atoms with van der Waals surface area (Å²) >= 11 is 0. The van der Waals surface area contributed by atoms with Crippen LogP contribution in [0.4, 0.5) is 5.95 Å². The van der Waals surface area contributed by atoms with Gasteiger partial charge in [-0.2, -0.15) is 4.98 Å². The zero-order valence-electron chi connectivity index (χ0n) is 21.2. The van der Waals surface area contributed by atoms with E-state index < -0.39 is 32.0 Å². The van der Waals surface area contributed by atoms with Crippen molar-refractivity contribution >= 4 is 42.9 Å². The van der Waals surface area contributed by atoms with E-state index in [1.807, 2.05) is 0 Å². The summed E-state index contributed by atoms with van der Waals surface area (Å²) in [5.41, 5.74) is 7.79. The van der Waals surface area contributed by atoms with Gasteiger partial charge >= 0.3 is 11.9 Å². The average molecular weight is 528 g/mol. The number of carbonyl (C=O) groups excluding carboxylic acids is 2. The average Bonchev–Trinajstić information content (AvgIpc) is 3.22. The number of esters is 1. The standard InChI is InChI=1S/C25H33N5O6Si/c1-37(2,3)13-12-36-24(35)18(10-11-19(31)32)28-22(33)16-7-4-15(5-8-16)6-9-17-14-27-21-20(17)23(34)30-25(26)29-21/h4-5,7-8,14,18H,6,9-13H2,1-3H3,(H,28,33)(H,31,32)(H4,26,27,29,30,34)/t18-/m1/s1. The van der Waals surface area contributed by atoms with E-state index in [-0.39, 0.29) is 31.0 Å². The van der Waals surface area contributed by atoms with Gasteiger partial charge in [0.25, 0.3) is 11.5 Å². The Labute approximate surface area is 214 Å². The number of anilines is 1. The normalized spacial score (nSPS) is 12.3. The Morgan fingerprint density at radius 3 is 2.51 bits per heavy atom. The maximum atomic E-state index is 12.8. The Morgan fingerprint density at radius 2 is 1.86 bits per heavy atom. The van der Waals surface area contributed by atoms with Crippen LogP contribution in [0.1, 0.15) is 34.3 Å². The number of carbonyl (C=O) groups is 3. The quantitative estimate of drug-likeness (QED) is 0.176. The van der Waals surface area contributed by atoms with Crippen molar-refractivity contribution in [3.8, 4) is 0 Å². The molecule has 0 spiro atoms. The van der Waals surface area contributed by atoms with Gasteiger partial charge in [0.1, 0.15) is 11.7 Å². The van der Waals surface area contributed by atoms with Crippen molar-refractivity contribution in [1.82, 2.24) is 20.3 Å². The van der Waals surface area contributed by atoms with Gasteiger partial charge < -0.3 is 25.9 Å². The van der Waals surface area contributed by atoms with Crippen molar-refractivity contribution in [2.24, 2.45) is 0 Å². The third-order valence-corrected chi connectivity index (χ3v) is 7.58. The first kappa shape index (κ1) is 27.7. The third-order valence-electron chi connectivity index (χ3n) is 5.87. The number of rotatable bonds is 12. The SMILES string of the molecule is C[Si](C)(C)CCOC(=O)[C@@H](CCC(=O)O)NC(=O)c1ccc(CCc2c[nH]c3nc(N)[nH]c(=O)c23)cc1. The van der Waals surface area contributed by atoms with Crippen molar-refractivity contribution in [1.29, 1.82) is 0 Å². The molecule has 0 bridgehead atoms. The molecule has 6 N–H and O–H groups in total. The number of nitrogen functional groups attached to an aromatic ring is 1. The Balaban J connectivity index is 1.61. The van der Waals surface area contributed by atoms with E-state index in [9.17, 15) is 19.2 Å². The fourth-order valence-electron chi connectivity index (χ4n) is 3.74. The van der Waals surface area contributed by atoms with Gasteiger partial charge in [-0.15, -0.1) is 0 Å². The summed E-state index contributed by atoms with van der Waals surface area (Å²) in [5.74, 6) is -2.13. The molecule has 1 atom stereocenters. The number of benzene rings is 1. The highest BCUT2D eigenvalue weighted by atomic mass is 28.3. The second-order valence-corrected chi connectivity index (χ2v) is 15.7. The first-order valence-corrected chi connectivity index (χ1v) is 15.8. The molecule has 0 fully saturated rings. The number of aryl methyl sites for hydroxylation is 2. The number of hydrogen-bond donors (Lipinski definition) is 5. The highest BCUT2D eigenvalue weighted by Crippen LogP contribution is 2.16. The minimum atomic E-state index is -1.41. The van der Waals surface area contributed by atoms with Crippen molar-refractivity contribution in [2.75, 3.05) is 12.3 Å². The van der Waals surface area contributed by atoms with E-state index in [2.05, 4.69) is 39.9 Å². The molecule has 0 aliphatic rings. The molecule has 37 heavy (non-hydrogen) atoms. The van der Waals surface area contributed by atoms with Gasteiger partial charge in [-0.25, -0.2) is 4.79 Å². The van der Waals surface area contributed by atoms with Crippen LogP contribution in [-0.4, -0.2) is 58.6 Å². The number of aliphatic carboxylic acids is 1. The van der Waals surface area contributed by atoms with E-state index in [1.165, 1.54) is 0 Å². The van der Waals surface area contributed by atoms with Crippen molar-refractivity contribution < 1.29 is 24.2 Å². The lowest BCUT2D eigenvalue weighted by molar-refractivity contribution is -0.146. The van der Waals surface area contributed by atoms with Gasteiger partial charge in [0.15, 0.2) is 0 Å². The lowest BCUT2D eigenvalue weighted by Crippen LogP contribution is -2.42. The molecule has 3 rings (SSSR count). The molecule has 11 nitrogen and oxygen atoms in total. The fourth-order valence-corrected chi connectivity index (χ4v) is 4.45. The summed E-state index contributed by atoms with van der Waals surface area (Å²) in [6.07, 6.45) is 2.58. The number of H-pyrrole nitrogens is 2. The molecule has 12 heteroatoms.